The van der Waals surface area contributed by atoms with E-state index in [1.807, 2.05) is 61.5 Å². The standard InChI is InChI=1S/C29H34N4O2/c1-21-15-18-33(19-16-21)27-13-12-24(31-29(35)32-26-11-7-6-8-22(26)2)20-25(27)28(34)30-17-14-23-9-4-3-5-10-23/h3-13,20-21H,14-19H2,1-2H3,(H,30,34)(H2,31,32,35). The lowest BCUT2D eigenvalue weighted by Gasteiger charge is -2.33. The highest BCUT2D eigenvalue weighted by atomic mass is 16.2. The number of anilines is 3. The van der Waals surface area contributed by atoms with Crippen LogP contribution in [0.1, 0.15) is 41.3 Å². The smallest absolute Gasteiger partial charge is 0.323 e. The number of rotatable bonds is 7. The normalized spacial score (nSPS) is 13.8. The van der Waals surface area contributed by atoms with Crippen molar-refractivity contribution in [2.45, 2.75) is 33.1 Å². The molecule has 1 aliphatic rings. The van der Waals surface area contributed by atoms with Crippen LogP contribution in [-0.2, 0) is 6.42 Å². The lowest BCUT2D eigenvalue weighted by molar-refractivity contribution is 0.0954. The first kappa shape index (κ1) is 24.3. The molecule has 0 spiro atoms. The number of nitrogens with one attached hydrogen (secondary N) is 3. The van der Waals surface area contributed by atoms with Crippen LogP contribution in [0, 0.1) is 12.8 Å². The fourth-order valence-electron chi connectivity index (χ4n) is 4.38. The van der Waals surface area contributed by atoms with Crippen LogP contribution >= 0.6 is 0 Å². The molecule has 6 heteroatoms. The van der Waals surface area contributed by atoms with Crippen molar-refractivity contribution in [3.05, 3.63) is 89.5 Å². The Hall–Kier alpha value is -3.80. The van der Waals surface area contributed by atoms with Crippen LogP contribution in [0.5, 0.6) is 0 Å². The number of nitrogens with zero attached hydrogens (tertiary/aromatic N) is 1. The van der Waals surface area contributed by atoms with Gasteiger partial charge in [0.05, 0.1) is 5.56 Å². The maximum absolute atomic E-state index is 13.3. The average molecular weight is 471 g/mol. The van der Waals surface area contributed by atoms with Gasteiger partial charge in [-0.05, 0) is 67.5 Å². The molecule has 4 rings (SSSR count). The maximum atomic E-state index is 13.3. The third-order valence-corrected chi connectivity index (χ3v) is 6.56. The first-order valence-corrected chi connectivity index (χ1v) is 12.3. The highest BCUT2D eigenvalue weighted by Gasteiger charge is 2.22. The lowest BCUT2D eigenvalue weighted by atomic mass is 9.97. The molecule has 0 atom stereocenters. The molecule has 182 valence electrons. The second-order valence-corrected chi connectivity index (χ2v) is 9.29. The SMILES string of the molecule is Cc1ccccc1NC(=O)Nc1ccc(N2CCC(C)CC2)c(C(=O)NCCc2ccccc2)c1. The van der Waals surface area contributed by atoms with Crippen LogP contribution in [0.15, 0.2) is 72.8 Å². The monoisotopic (exact) mass is 470 g/mol. The molecule has 0 radical (unpaired) electrons. The predicted octanol–water partition coefficient (Wildman–Crippen LogP) is 5.85. The van der Waals surface area contributed by atoms with Gasteiger partial charge in [-0.25, -0.2) is 4.79 Å². The van der Waals surface area contributed by atoms with E-state index in [1.165, 1.54) is 5.56 Å². The van der Waals surface area contributed by atoms with Crippen molar-refractivity contribution in [2.24, 2.45) is 5.92 Å². The molecule has 1 heterocycles. The van der Waals surface area contributed by atoms with E-state index in [0.29, 0.717) is 23.7 Å². The van der Waals surface area contributed by atoms with Gasteiger partial charge in [-0.15, -0.1) is 0 Å². The van der Waals surface area contributed by atoms with Crippen molar-refractivity contribution < 1.29 is 9.59 Å². The molecule has 1 aliphatic heterocycles. The summed E-state index contributed by atoms with van der Waals surface area (Å²) in [5.74, 6) is 0.568. The fraction of sp³-hybridized carbons (Fsp3) is 0.310. The second-order valence-electron chi connectivity index (χ2n) is 9.29. The van der Waals surface area contributed by atoms with E-state index < -0.39 is 0 Å². The molecule has 0 saturated carbocycles. The largest absolute Gasteiger partial charge is 0.371 e. The van der Waals surface area contributed by atoms with Gasteiger partial charge < -0.3 is 20.9 Å². The van der Waals surface area contributed by atoms with Crippen LogP contribution < -0.4 is 20.9 Å². The number of aryl methyl sites for hydroxylation is 1. The summed E-state index contributed by atoms with van der Waals surface area (Å²) < 4.78 is 0. The average Bonchev–Trinajstić information content (AvgIpc) is 2.86. The Morgan fingerprint density at radius 3 is 2.37 bits per heavy atom. The van der Waals surface area contributed by atoms with Crippen molar-refractivity contribution in [1.29, 1.82) is 0 Å². The zero-order chi connectivity index (χ0) is 24.6. The Morgan fingerprint density at radius 1 is 0.914 bits per heavy atom. The van der Waals surface area contributed by atoms with Gasteiger partial charge in [0.1, 0.15) is 0 Å². The van der Waals surface area contributed by atoms with Gasteiger partial charge in [0.2, 0.25) is 0 Å². The van der Waals surface area contributed by atoms with Crippen LogP contribution in [0.3, 0.4) is 0 Å². The van der Waals surface area contributed by atoms with Crippen LogP contribution in [0.4, 0.5) is 21.9 Å². The molecular formula is C29H34N4O2. The Morgan fingerprint density at radius 2 is 1.63 bits per heavy atom. The van der Waals surface area contributed by atoms with E-state index >= 15 is 0 Å². The molecule has 6 nitrogen and oxygen atoms in total. The topological polar surface area (TPSA) is 73.5 Å². The Kier molecular flexibility index (Phi) is 8.03. The Balaban J connectivity index is 1.49. The van der Waals surface area contributed by atoms with Gasteiger partial charge >= 0.3 is 6.03 Å². The molecule has 1 fully saturated rings. The third-order valence-electron chi connectivity index (χ3n) is 6.56. The molecule has 3 amide bonds. The first-order chi connectivity index (χ1) is 17.0. The second kappa shape index (κ2) is 11.6. The van der Waals surface area contributed by atoms with Gasteiger partial charge in [-0.3, -0.25) is 4.79 Å². The fourth-order valence-corrected chi connectivity index (χ4v) is 4.38. The van der Waals surface area contributed by atoms with Crippen molar-refractivity contribution in [3.63, 3.8) is 0 Å². The van der Waals surface area contributed by atoms with Crippen LogP contribution in [0.2, 0.25) is 0 Å². The molecule has 35 heavy (non-hydrogen) atoms. The highest BCUT2D eigenvalue weighted by Crippen LogP contribution is 2.29. The molecule has 0 aromatic heterocycles. The van der Waals surface area contributed by atoms with E-state index in [1.54, 1.807) is 6.07 Å². The number of piperidine rings is 1. The number of amides is 3. The quantitative estimate of drug-likeness (QED) is 0.406. The summed E-state index contributed by atoms with van der Waals surface area (Å²) in [5, 5.41) is 8.83. The summed E-state index contributed by atoms with van der Waals surface area (Å²) >= 11 is 0. The predicted molar refractivity (Wildman–Crippen MR) is 143 cm³/mol. The van der Waals surface area contributed by atoms with Gasteiger partial charge in [0, 0.05) is 36.7 Å². The van der Waals surface area contributed by atoms with Crippen molar-refractivity contribution in [3.8, 4) is 0 Å². The van der Waals surface area contributed by atoms with Crippen LogP contribution in [-0.4, -0.2) is 31.6 Å². The lowest BCUT2D eigenvalue weighted by Crippen LogP contribution is -2.35. The van der Waals surface area contributed by atoms with Gasteiger partial charge in [-0.2, -0.15) is 0 Å². The van der Waals surface area contributed by atoms with Crippen molar-refractivity contribution in [1.82, 2.24) is 5.32 Å². The number of para-hydroxylation sites is 1. The Bertz CT molecular complexity index is 1150. The highest BCUT2D eigenvalue weighted by molar-refractivity contribution is 6.04. The molecule has 0 aliphatic carbocycles. The summed E-state index contributed by atoms with van der Waals surface area (Å²) in [7, 11) is 0. The summed E-state index contributed by atoms with van der Waals surface area (Å²) in [4.78, 5) is 28.2. The number of hydrogen-bond acceptors (Lipinski definition) is 3. The summed E-state index contributed by atoms with van der Waals surface area (Å²) in [6.07, 6.45) is 2.97. The Labute approximate surface area is 207 Å². The molecule has 0 unspecified atom stereocenters. The zero-order valence-corrected chi connectivity index (χ0v) is 20.5. The first-order valence-electron chi connectivity index (χ1n) is 12.3. The third kappa shape index (κ3) is 6.63. The number of urea groups is 1. The molecule has 1 saturated heterocycles. The minimum absolute atomic E-state index is 0.127. The van der Waals surface area contributed by atoms with Crippen LogP contribution in [0.25, 0.3) is 0 Å². The van der Waals surface area contributed by atoms with Gasteiger partial charge in [0.15, 0.2) is 0 Å². The number of benzene rings is 3. The summed E-state index contributed by atoms with van der Waals surface area (Å²) in [5.41, 5.74) is 5.00. The van der Waals surface area contributed by atoms with Gasteiger partial charge in [0.25, 0.3) is 5.91 Å². The van der Waals surface area contributed by atoms with Gasteiger partial charge in [-0.1, -0.05) is 55.5 Å². The summed E-state index contributed by atoms with van der Waals surface area (Å²) in [6.45, 7) is 6.61. The van der Waals surface area contributed by atoms with E-state index in [2.05, 4.69) is 39.9 Å². The molecule has 3 aromatic rings. The van der Waals surface area contributed by atoms with E-state index in [4.69, 9.17) is 0 Å². The maximum Gasteiger partial charge on any atom is 0.323 e. The minimum atomic E-state index is -0.339. The van der Waals surface area contributed by atoms with Crippen molar-refractivity contribution in [2.75, 3.05) is 35.2 Å². The van der Waals surface area contributed by atoms with E-state index in [-0.39, 0.29) is 11.9 Å². The minimum Gasteiger partial charge on any atom is -0.371 e. The molecule has 3 aromatic carbocycles. The number of hydrogen-bond donors (Lipinski definition) is 3. The number of carbonyl (C=O) groups excluding carboxylic acids is 2. The molecule has 3 N–H and O–H groups in total. The molecular weight excluding hydrogens is 436 g/mol. The zero-order valence-electron chi connectivity index (χ0n) is 20.5. The summed E-state index contributed by atoms with van der Waals surface area (Å²) in [6, 6.07) is 23.0. The number of carbonyl (C=O) groups is 2. The molecule has 0 bridgehead atoms. The van der Waals surface area contributed by atoms with Crippen molar-refractivity contribution >= 4 is 29.0 Å². The van der Waals surface area contributed by atoms with E-state index in [9.17, 15) is 9.59 Å². The van der Waals surface area contributed by atoms with E-state index in [0.717, 1.165) is 49.3 Å².